The second kappa shape index (κ2) is 6.59. The van der Waals surface area contributed by atoms with Crippen molar-refractivity contribution in [1.29, 1.82) is 0 Å². The first-order valence-electron chi connectivity index (χ1n) is 6.20. The first kappa shape index (κ1) is 14.8. The van der Waals surface area contributed by atoms with E-state index in [2.05, 4.69) is 18.1 Å². The van der Waals surface area contributed by atoms with Gasteiger partial charge >= 0.3 is 0 Å². The molecule has 0 aliphatic carbocycles. The van der Waals surface area contributed by atoms with E-state index in [0.29, 0.717) is 11.6 Å². The molecule has 1 aromatic heterocycles. The number of aryl methyl sites for hydroxylation is 1. The molecule has 0 fully saturated rings. The van der Waals surface area contributed by atoms with Gasteiger partial charge in [-0.3, -0.25) is 0 Å². The van der Waals surface area contributed by atoms with Gasteiger partial charge in [0.15, 0.2) is 11.5 Å². The molecule has 0 aliphatic heterocycles. The summed E-state index contributed by atoms with van der Waals surface area (Å²) in [6.07, 6.45) is 1.53. The van der Waals surface area contributed by atoms with Gasteiger partial charge in [-0.2, -0.15) is 0 Å². The molecule has 1 aromatic carbocycles. The molecule has 2 rings (SSSR count). The van der Waals surface area contributed by atoms with Crippen molar-refractivity contribution in [3.63, 3.8) is 0 Å². The predicted molar refractivity (Wildman–Crippen MR) is 79.8 cm³/mol. The fraction of sp³-hybridized carbons (Fsp3) is 0.188. The fourth-order valence-electron chi connectivity index (χ4n) is 1.50. The topological polar surface area (TPSA) is 46.3 Å². The summed E-state index contributed by atoms with van der Waals surface area (Å²) < 4.78 is 5.46. The average Bonchev–Trinajstić information content (AvgIpc) is 2.86. The Hall–Kier alpha value is -2.29. The van der Waals surface area contributed by atoms with Crippen LogP contribution in [-0.2, 0) is 0 Å². The third kappa shape index (κ3) is 3.35. The van der Waals surface area contributed by atoms with E-state index in [0.717, 1.165) is 11.1 Å². The van der Waals surface area contributed by atoms with Crippen LogP contribution in [0.1, 0.15) is 30.9 Å². The zero-order chi connectivity index (χ0) is 14.4. The van der Waals surface area contributed by atoms with Crippen molar-refractivity contribution in [2.24, 2.45) is 0 Å². The molecule has 0 saturated carbocycles. The Morgan fingerprint density at radius 2 is 1.84 bits per heavy atom. The van der Waals surface area contributed by atoms with Gasteiger partial charge in [0.1, 0.15) is 5.69 Å². The smallest absolute Gasteiger partial charge is 0.227 e. The average molecular weight is 257 g/mol. The predicted octanol–water partition coefficient (Wildman–Crippen LogP) is 4.85. The van der Waals surface area contributed by atoms with Gasteiger partial charge in [-0.1, -0.05) is 44.7 Å². The molecule has 1 heterocycles. The van der Waals surface area contributed by atoms with Crippen molar-refractivity contribution in [3.8, 4) is 11.5 Å². The minimum absolute atomic E-state index is 0.147. The van der Waals surface area contributed by atoms with E-state index in [-0.39, 0.29) is 11.5 Å². The van der Waals surface area contributed by atoms with Crippen LogP contribution in [0.3, 0.4) is 0 Å². The van der Waals surface area contributed by atoms with Gasteiger partial charge in [0.25, 0.3) is 0 Å². The Morgan fingerprint density at radius 1 is 1.26 bits per heavy atom. The Labute approximate surface area is 113 Å². The highest BCUT2D eigenvalue weighted by atomic mass is 16.4. The highest BCUT2D eigenvalue weighted by Gasteiger charge is 2.14. The van der Waals surface area contributed by atoms with Gasteiger partial charge in [-0.25, -0.2) is 4.98 Å². The van der Waals surface area contributed by atoms with Crippen molar-refractivity contribution in [2.75, 3.05) is 0 Å². The molecule has 0 bridgehead atoms. The first-order valence-corrected chi connectivity index (χ1v) is 6.20. The monoisotopic (exact) mass is 257 g/mol. The van der Waals surface area contributed by atoms with Crippen molar-refractivity contribution < 1.29 is 9.52 Å². The van der Waals surface area contributed by atoms with E-state index in [1.54, 1.807) is 0 Å². The number of aliphatic hydroxyl groups excluding tert-OH is 1. The molecule has 0 spiro atoms. The van der Waals surface area contributed by atoms with Gasteiger partial charge in [-0.05, 0) is 25.1 Å². The number of nitrogens with zero attached hydrogens (tertiary/aromatic N) is 1. The summed E-state index contributed by atoms with van der Waals surface area (Å²) in [7, 11) is 0. The number of aromatic nitrogens is 1. The minimum atomic E-state index is -0.147. The van der Waals surface area contributed by atoms with Crippen molar-refractivity contribution in [3.05, 3.63) is 54.4 Å². The lowest BCUT2D eigenvalue weighted by Gasteiger charge is -1.96. The summed E-state index contributed by atoms with van der Waals surface area (Å²) >= 11 is 0. The molecule has 0 radical (unpaired) electrons. The standard InChI is InChI=1S/C14H13NO2.C2H6/c1-4-12-13(10(3)16)17-14(15-12)11-7-5-9(2)6-8-11;1-2/h4-8,16H,1,3H2,2H3;1-2H3. The van der Waals surface area contributed by atoms with Gasteiger partial charge in [0.2, 0.25) is 5.89 Å². The molecule has 1 N–H and O–H groups in total. The summed E-state index contributed by atoms with van der Waals surface area (Å²) in [6.45, 7) is 13.1. The molecule has 0 atom stereocenters. The maximum Gasteiger partial charge on any atom is 0.227 e. The lowest BCUT2D eigenvalue weighted by Crippen LogP contribution is -1.80. The van der Waals surface area contributed by atoms with Gasteiger partial charge in [-0.15, -0.1) is 0 Å². The Balaban J connectivity index is 0.000000861. The van der Waals surface area contributed by atoms with Crippen LogP contribution >= 0.6 is 0 Å². The van der Waals surface area contributed by atoms with Crippen LogP contribution < -0.4 is 0 Å². The van der Waals surface area contributed by atoms with E-state index in [4.69, 9.17) is 4.42 Å². The zero-order valence-corrected chi connectivity index (χ0v) is 11.6. The first-order chi connectivity index (χ1) is 9.11. The van der Waals surface area contributed by atoms with Crippen LogP contribution in [0.4, 0.5) is 0 Å². The molecular weight excluding hydrogens is 238 g/mol. The van der Waals surface area contributed by atoms with Crippen LogP contribution in [0.2, 0.25) is 0 Å². The molecule has 0 unspecified atom stereocenters. The second-order valence-corrected chi connectivity index (χ2v) is 3.75. The summed E-state index contributed by atoms with van der Waals surface area (Å²) in [5.41, 5.74) is 2.51. The Kier molecular flexibility index (Phi) is 5.12. The highest BCUT2D eigenvalue weighted by molar-refractivity contribution is 5.65. The van der Waals surface area contributed by atoms with Crippen LogP contribution in [0.5, 0.6) is 0 Å². The van der Waals surface area contributed by atoms with Crippen LogP contribution in [-0.4, -0.2) is 10.1 Å². The van der Waals surface area contributed by atoms with Crippen molar-refractivity contribution >= 4 is 11.8 Å². The van der Waals surface area contributed by atoms with E-state index < -0.39 is 0 Å². The van der Waals surface area contributed by atoms with Gasteiger partial charge < -0.3 is 9.52 Å². The van der Waals surface area contributed by atoms with E-state index >= 15 is 0 Å². The lowest BCUT2D eigenvalue weighted by molar-refractivity contribution is 0.464. The highest BCUT2D eigenvalue weighted by Crippen LogP contribution is 2.25. The van der Waals surface area contributed by atoms with E-state index in [1.165, 1.54) is 6.08 Å². The van der Waals surface area contributed by atoms with Crippen LogP contribution in [0.25, 0.3) is 23.3 Å². The Morgan fingerprint density at radius 3 is 2.26 bits per heavy atom. The van der Waals surface area contributed by atoms with Crippen LogP contribution in [0.15, 0.2) is 41.8 Å². The molecule has 0 saturated heterocycles. The normalized spacial score (nSPS) is 9.42. The summed E-state index contributed by atoms with van der Waals surface area (Å²) in [6, 6.07) is 7.77. The third-order valence-electron chi connectivity index (χ3n) is 2.41. The van der Waals surface area contributed by atoms with Crippen molar-refractivity contribution in [1.82, 2.24) is 4.98 Å². The minimum Gasteiger partial charge on any atom is -0.505 e. The van der Waals surface area contributed by atoms with Gasteiger partial charge in [0.05, 0.1) is 0 Å². The molecular formula is C16H19NO2. The molecule has 3 nitrogen and oxygen atoms in total. The number of hydrogen-bond donors (Lipinski definition) is 1. The SMILES string of the molecule is C=Cc1nc(-c2ccc(C)cc2)oc1C(=C)O.CC. The van der Waals surface area contributed by atoms with Crippen molar-refractivity contribution in [2.45, 2.75) is 20.8 Å². The molecule has 19 heavy (non-hydrogen) atoms. The zero-order valence-electron chi connectivity index (χ0n) is 11.6. The van der Waals surface area contributed by atoms with E-state index in [9.17, 15) is 5.11 Å². The van der Waals surface area contributed by atoms with Gasteiger partial charge in [0, 0.05) is 5.56 Å². The fourth-order valence-corrected chi connectivity index (χ4v) is 1.50. The molecule has 0 aliphatic rings. The Bertz CT molecular complexity index is 565. The summed E-state index contributed by atoms with van der Waals surface area (Å²) in [5.74, 6) is 0.562. The summed E-state index contributed by atoms with van der Waals surface area (Å²) in [5, 5.41) is 9.36. The molecule has 2 aromatic rings. The molecule has 100 valence electrons. The lowest BCUT2D eigenvalue weighted by atomic mass is 10.1. The number of oxazole rings is 1. The maximum atomic E-state index is 9.36. The number of rotatable bonds is 3. The van der Waals surface area contributed by atoms with E-state index in [1.807, 2.05) is 45.0 Å². The summed E-state index contributed by atoms with van der Waals surface area (Å²) in [4.78, 5) is 4.24. The second-order valence-electron chi connectivity index (χ2n) is 3.75. The molecule has 0 amide bonds. The third-order valence-corrected chi connectivity index (χ3v) is 2.41. The number of hydrogen-bond acceptors (Lipinski definition) is 3. The largest absolute Gasteiger partial charge is 0.505 e. The number of aliphatic hydroxyl groups is 1. The van der Waals surface area contributed by atoms with Crippen LogP contribution in [0, 0.1) is 6.92 Å². The number of benzene rings is 1. The molecule has 3 heteroatoms. The maximum absolute atomic E-state index is 9.36. The quantitative estimate of drug-likeness (QED) is 0.799.